The Hall–Kier alpha value is -3.99. The van der Waals surface area contributed by atoms with Gasteiger partial charge in [-0.3, -0.25) is 4.79 Å². The number of pyridine rings is 1. The number of carbonyl (C=O) groups is 1. The molecule has 1 unspecified atom stereocenters. The van der Waals surface area contributed by atoms with Crippen molar-refractivity contribution in [2.24, 2.45) is 5.14 Å². The van der Waals surface area contributed by atoms with Crippen molar-refractivity contribution in [3.63, 3.8) is 0 Å². The van der Waals surface area contributed by atoms with Crippen LogP contribution in [0.15, 0.2) is 77.7 Å². The summed E-state index contributed by atoms with van der Waals surface area (Å²) >= 11 is 0. The molecule has 0 fully saturated rings. The smallest absolute Gasteiger partial charge is 0.268 e. The highest BCUT2D eigenvalue weighted by molar-refractivity contribution is 7.89. The molecule has 6 rings (SSSR count). The summed E-state index contributed by atoms with van der Waals surface area (Å²) in [6.07, 6.45) is 0. The average molecular weight is 490 g/mol. The predicted molar refractivity (Wildman–Crippen MR) is 126 cm³/mol. The number of fused-ring (bicyclic) bond motifs is 3. The number of hydrogen-bond donors (Lipinski definition) is 2. The molecular formula is C25H19N3O6S. The third kappa shape index (κ3) is 3.34. The predicted octanol–water partition coefficient (Wildman–Crippen LogP) is 2.39. The lowest BCUT2D eigenvalue weighted by Gasteiger charge is -2.24. The number of amides is 1. The largest absolute Gasteiger partial charge is 0.452 e. The number of hydrogen-bond acceptors (Lipinski definition) is 7. The SMILES string of the molecule is NS(=O)(=O)c1ccc(C2(O)C(=O)N(Cc3ccc4nc5c(cc4c3)OCO5)c3ccccc32)cc1. The van der Waals surface area contributed by atoms with E-state index in [1.54, 1.807) is 24.3 Å². The molecule has 0 saturated carbocycles. The fraction of sp³-hybridized carbons (Fsp3) is 0.120. The first-order chi connectivity index (χ1) is 16.7. The lowest BCUT2D eigenvalue weighted by molar-refractivity contribution is -0.132. The van der Waals surface area contributed by atoms with E-state index in [2.05, 4.69) is 4.98 Å². The Morgan fingerprint density at radius 2 is 1.80 bits per heavy atom. The number of aromatic nitrogens is 1. The van der Waals surface area contributed by atoms with Gasteiger partial charge >= 0.3 is 0 Å². The fourth-order valence-corrected chi connectivity index (χ4v) is 5.10. The van der Waals surface area contributed by atoms with Crippen LogP contribution in [-0.4, -0.2) is 31.2 Å². The van der Waals surface area contributed by atoms with Crippen LogP contribution in [0.5, 0.6) is 11.6 Å². The van der Waals surface area contributed by atoms with Gasteiger partial charge in [-0.1, -0.05) is 36.4 Å². The van der Waals surface area contributed by atoms with Crippen molar-refractivity contribution in [3.05, 3.63) is 89.5 Å². The van der Waals surface area contributed by atoms with E-state index in [9.17, 15) is 18.3 Å². The van der Waals surface area contributed by atoms with Gasteiger partial charge in [-0.25, -0.2) is 18.5 Å². The van der Waals surface area contributed by atoms with E-state index >= 15 is 0 Å². The number of para-hydroxylation sites is 1. The van der Waals surface area contributed by atoms with Crippen LogP contribution in [0, 0.1) is 0 Å². The lowest BCUT2D eigenvalue weighted by atomic mass is 9.87. The zero-order valence-electron chi connectivity index (χ0n) is 18.2. The van der Waals surface area contributed by atoms with Crippen molar-refractivity contribution in [1.82, 2.24) is 4.98 Å². The van der Waals surface area contributed by atoms with Gasteiger partial charge in [0.05, 0.1) is 22.6 Å². The molecule has 176 valence electrons. The molecule has 2 aliphatic rings. The number of anilines is 1. The second kappa shape index (κ2) is 7.51. The third-order valence-corrected chi connectivity index (χ3v) is 7.23. The summed E-state index contributed by atoms with van der Waals surface area (Å²) < 4.78 is 34.0. The van der Waals surface area contributed by atoms with Gasteiger partial charge in [0.15, 0.2) is 11.4 Å². The Labute approximate surface area is 200 Å². The highest BCUT2D eigenvalue weighted by Crippen LogP contribution is 2.45. The van der Waals surface area contributed by atoms with E-state index in [1.807, 2.05) is 24.3 Å². The van der Waals surface area contributed by atoms with Gasteiger partial charge in [-0.2, -0.15) is 0 Å². The van der Waals surface area contributed by atoms with Gasteiger partial charge in [0.25, 0.3) is 11.8 Å². The van der Waals surface area contributed by atoms with Gasteiger partial charge in [-0.05, 0) is 47.5 Å². The van der Waals surface area contributed by atoms with Crippen LogP contribution in [0.1, 0.15) is 16.7 Å². The number of nitrogens with zero attached hydrogens (tertiary/aromatic N) is 2. The molecule has 3 N–H and O–H groups in total. The van der Waals surface area contributed by atoms with Crippen LogP contribution in [0.25, 0.3) is 10.9 Å². The molecule has 3 aromatic carbocycles. The Bertz CT molecular complexity index is 1620. The van der Waals surface area contributed by atoms with Gasteiger partial charge in [0.2, 0.25) is 16.8 Å². The minimum Gasteiger partial charge on any atom is -0.452 e. The monoisotopic (exact) mass is 489 g/mol. The maximum absolute atomic E-state index is 13.7. The summed E-state index contributed by atoms with van der Waals surface area (Å²) in [5, 5.41) is 17.7. The molecule has 1 amide bonds. The van der Waals surface area contributed by atoms with E-state index in [0.717, 1.165) is 16.5 Å². The maximum Gasteiger partial charge on any atom is 0.268 e. The molecule has 0 saturated heterocycles. The molecule has 4 aromatic rings. The van der Waals surface area contributed by atoms with Gasteiger partial charge in [-0.15, -0.1) is 0 Å². The standard InChI is InChI=1S/C25H19N3O6S/c26-35(31,32)18-8-6-17(7-9-18)25(30)19-3-1-2-4-21(19)28(24(25)29)13-15-5-10-20-16(11-15)12-22-23(27-20)34-14-33-22/h1-12,30H,13-14H2,(H2,26,31,32). The summed E-state index contributed by atoms with van der Waals surface area (Å²) in [5.41, 5.74) is 0.823. The Balaban J connectivity index is 1.39. The first-order valence-electron chi connectivity index (χ1n) is 10.7. The lowest BCUT2D eigenvalue weighted by Crippen LogP contribution is -2.40. The molecule has 0 radical (unpaired) electrons. The van der Waals surface area contributed by atoms with Crippen LogP contribution in [-0.2, 0) is 27.0 Å². The molecule has 2 aliphatic heterocycles. The normalized spacial score (nSPS) is 18.8. The summed E-state index contributed by atoms with van der Waals surface area (Å²) in [5.74, 6) is 0.480. The number of ether oxygens (including phenoxy) is 2. The summed E-state index contributed by atoms with van der Waals surface area (Å²) in [6, 6.07) is 19.8. The van der Waals surface area contributed by atoms with Crippen LogP contribution in [0.4, 0.5) is 5.69 Å². The van der Waals surface area contributed by atoms with Crippen LogP contribution < -0.4 is 19.5 Å². The summed E-state index contributed by atoms with van der Waals surface area (Å²) in [4.78, 5) is 19.5. The van der Waals surface area contributed by atoms with E-state index in [0.29, 0.717) is 22.9 Å². The van der Waals surface area contributed by atoms with E-state index < -0.39 is 21.5 Å². The topological polar surface area (TPSA) is 132 Å². The van der Waals surface area contributed by atoms with Crippen molar-refractivity contribution >= 4 is 32.5 Å². The number of nitrogens with two attached hydrogens (primary N) is 1. The molecule has 0 bridgehead atoms. The van der Waals surface area contributed by atoms with Crippen molar-refractivity contribution in [2.45, 2.75) is 17.0 Å². The molecular weight excluding hydrogens is 470 g/mol. The fourth-order valence-electron chi connectivity index (χ4n) is 4.58. The first-order valence-corrected chi connectivity index (χ1v) is 12.3. The molecule has 1 atom stereocenters. The Morgan fingerprint density at radius 1 is 1.03 bits per heavy atom. The van der Waals surface area contributed by atoms with Crippen LogP contribution in [0.3, 0.4) is 0 Å². The minimum atomic E-state index is -3.91. The Morgan fingerprint density at radius 3 is 2.57 bits per heavy atom. The van der Waals surface area contributed by atoms with Crippen molar-refractivity contribution in [1.29, 1.82) is 0 Å². The molecule has 0 aliphatic carbocycles. The van der Waals surface area contributed by atoms with Gasteiger partial charge < -0.3 is 19.5 Å². The van der Waals surface area contributed by atoms with Gasteiger partial charge in [0, 0.05) is 10.9 Å². The second-order valence-electron chi connectivity index (χ2n) is 8.41. The number of benzene rings is 3. The van der Waals surface area contributed by atoms with Crippen LogP contribution in [0.2, 0.25) is 0 Å². The number of aliphatic hydroxyl groups is 1. The minimum absolute atomic E-state index is 0.105. The van der Waals surface area contributed by atoms with E-state index in [-0.39, 0.29) is 23.8 Å². The van der Waals surface area contributed by atoms with Crippen molar-refractivity contribution in [2.75, 3.05) is 11.7 Å². The molecule has 9 nitrogen and oxygen atoms in total. The maximum atomic E-state index is 13.7. The molecule has 0 spiro atoms. The highest BCUT2D eigenvalue weighted by Gasteiger charge is 2.50. The second-order valence-corrected chi connectivity index (χ2v) is 9.97. The van der Waals surface area contributed by atoms with Crippen molar-refractivity contribution in [3.8, 4) is 11.6 Å². The quantitative estimate of drug-likeness (QED) is 0.450. The van der Waals surface area contributed by atoms with Gasteiger partial charge in [0.1, 0.15) is 0 Å². The van der Waals surface area contributed by atoms with Crippen molar-refractivity contribution < 1.29 is 27.8 Å². The summed E-state index contributed by atoms with van der Waals surface area (Å²) in [7, 11) is -3.91. The number of carbonyl (C=O) groups excluding carboxylic acids is 1. The molecule has 3 heterocycles. The molecule has 1 aromatic heterocycles. The highest BCUT2D eigenvalue weighted by atomic mass is 32.2. The molecule has 10 heteroatoms. The Kier molecular flexibility index (Phi) is 4.62. The zero-order chi connectivity index (χ0) is 24.4. The van der Waals surface area contributed by atoms with E-state index in [4.69, 9.17) is 14.6 Å². The average Bonchev–Trinajstić information content (AvgIpc) is 3.39. The number of primary sulfonamides is 1. The number of rotatable bonds is 4. The summed E-state index contributed by atoms with van der Waals surface area (Å²) in [6.45, 7) is 0.332. The van der Waals surface area contributed by atoms with E-state index in [1.165, 1.54) is 29.2 Å². The first kappa shape index (κ1) is 21.5. The third-order valence-electron chi connectivity index (χ3n) is 6.30. The number of sulfonamides is 1. The molecule has 35 heavy (non-hydrogen) atoms. The zero-order valence-corrected chi connectivity index (χ0v) is 19.0. The van der Waals surface area contributed by atoms with Crippen LogP contribution >= 0.6 is 0 Å².